The number of benzene rings is 1. The summed E-state index contributed by atoms with van der Waals surface area (Å²) in [6.45, 7) is 2.00. The van der Waals surface area contributed by atoms with Crippen LogP contribution in [0.5, 0.6) is 0 Å². The van der Waals surface area contributed by atoms with Crippen LogP contribution in [0.3, 0.4) is 0 Å². The highest BCUT2D eigenvalue weighted by molar-refractivity contribution is 5.69. The molecule has 0 spiro atoms. The Bertz CT molecular complexity index is 464. The average molecular weight is 264 g/mol. The van der Waals surface area contributed by atoms with Crippen molar-refractivity contribution in [2.45, 2.75) is 25.3 Å². The second-order valence-electron chi connectivity index (χ2n) is 5.02. The van der Waals surface area contributed by atoms with Gasteiger partial charge in [0.25, 0.3) is 5.69 Å². The van der Waals surface area contributed by atoms with Gasteiger partial charge in [0.15, 0.2) is 0 Å². The van der Waals surface area contributed by atoms with E-state index in [9.17, 15) is 10.1 Å². The van der Waals surface area contributed by atoms with Gasteiger partial charge in [0, 0.05) is 24.7 Å². The number of nitrogens with two attached hydrogens (primary N) is 1. The Hall–Kier alpha value is -1.82. The maximum atomic E-state index is 10.6. The van der Waals surface area contributed by atoms with Crippen LogP contribution in [0.25, 0.3) is 0 Å². The lowest BCUT2D eigenvalue weighted by atomic mass is 10.1. The first-order chi connectivity index (χ1) is 9.08. The van der Waals surface area contributed by atoms with Crippen molar-refractivity contribution in [3.05, 3.63) is 28.3 Å². The highest BCUT2D eigenvalue weighted by Gasteiger charge is 2.20. The Morgan fingerprint density at radius 2 is 2.37 bits per heavy atom. The number of nitrogens with one attached hydrogen (secondary N) is 1. The van der Waals surface area contributed by atoms with E-state index in [1.807, 2.05) is 0 Å². The monoisotopic (exact) mass is 264 g/mol. The number of non-ortho nitro benzene ring substituents is 1. The number of anilines is 2. The van der Waals surface area contributed by atoms with Crippen molar-refractivity contribution in [2.24, 2.45) is 0 Å². The predicted molar refractivity (Wildman–Crippen MR) is 76.3 cm³/mol. The molecule has 0 amide bonds. The molecule has 0 radical (unpaired) electrons. The first kappa shape index (κ1) is 13.6. The van der Waals surface area contributed by atoms with Crippen molar-refractivity contribution >= 4 is 17.1 Å². The topological polar surface area (TPSA) is 84.4 Å². The number of likely N-dealkylation sites (tertiary alicyclic amines) is 1. The standard InChI is InChI=1S/C13H20N4O2/c1-16-8-2-3-10(16)6-7-15-13-5-4-11(17(18)19)9-12(13)14/h4-5,9-10,15H,2-3,6-8,14H2,1H3. The van der Waals surface area contributed by atoms with Gasteiger partial charge in [0.1, 0.15) is 0 Å². The zero-order chi connectivity index (χ0) is 13.8. The molecule has 104 valence electrons. The van der Waals surface area contributed by atoms with E-state index in [1.165, 1.54) is 31.5 Å². The van der Waals surface area contributed by atoms with Crippen molar-refractivity contribution in [2.75, 3.05) is 31.2 Å². The zero-order valence-electron chi connectivity index (χ0n) is 11.1. The van der Waals surface area contributed by atoms with E-state index < -0.39 is 4.92 Å². The highest BCUT2D eigenvalue weighted by atomic mass is 16.6. The number of nitrogen functional groups attached to an aromatic ring is 1. The van der Waals surface area contributed by atoms with Gasteiger partial charge in [-0.15, -0.1) is 0 Å². The Labute approximate surface area is 112 Å². The Kier molecular flexibility index (Phi) is 4.21. The minimum absolute atomic E-state index is 0.0265. The fourth-order valence-electron chi connectivity index (χ4n) is 2.54. The molecule has 6 nitrogen and oxygen atoms in total. The number of hydrogen-bond donors (Lipinski definition) is 2. The lowest BCUT2D eigenvalue weighted by Gasteiger charge is -2.19. The molecule has 2 rings (SSSR count). The zero-order valence-corrected chi connectivity index (χ0v) is 11.1. The van der Waals surface area contributed by atoms with Gasteiger partial charge < -0.3 is 16.0 Å². The third kappa shape index (κ3) is 3.35. The van der Waals surface area contributed by atoms with Crippen LogP contribution in [-0.4, -0.2) is 36.0 Å². The molecule has 0 saturated carbocycles. The molecule has 0 bridgehead atoms. The van der Waals surface area contributed by atoms with E-state index in [-0.39, 0.29) is 5.69 Å². The van der Waals surface area contributed by atoms with Gasteiger partial charge in [-0.05, 0) is 38.9 Å². The second-order valence-corrected chi connectivity index (χ2v) is 5.02. The largest absolute Gasteiger partial charge is 0.397 e. The molecule has 3 N–H and O–H groups in total. The van der Waals surface area contributed by atoms with Crippen molar-refractivity contribution in [3.8, 4) is 0 Å². The fraction of sp³-hybridized carbons (Fsp3) is 0.538. The molecule has 19 heavy (non-hydrogen) atoms. The third-order valence-electron chi connectivity index (χ3n) is 3.71. The number of nitro groups is 1. The van der Waals surface area contributed by atoms with Crippen molar-refractivity contribution in [1.82, 2.24) is 4.90 Å². The van der Waals surface area contributed by atoms with Crippen LogP contribution in [0.15, 0.2) is 18.2 Å². The van der Waals surface area contributed by atoms with E-state index >= 15 is 0 Å². The van der Waals surface area contributed by atoms with Crippen LogP contribution in [-0.2, 0) is 0 Å². The summed E-state index contributed by atoms with van der Waals surface area (Å²) in [6.07, 6.45) is 3.57. The van der Waals surface area contributed by atoms with Gasteiger partial charge in [-0.3, -0.25) is 10.1 Å². The summed E-state index contributed by atoms with van der Waals surface area (Å²) in [7, 11) is 2.15. The molecule has 1 atom stereocenters. The first-order valence-electron chi connectivity index (χ1n) is 6.56. The molecule has 0 aliphatic carbocycles. The lowest BCUT2D eigenvalue weighted by Crippen LogP contribution is -2.27. The van der Waals surface area contributed by atoms with E-state index in [4.69, 9.17) is 5.73 Å². The van der Waals surface area contributed by atoms with Gasteiger partial charge in [-0.1, -0.05) is 0 Å². The van der Waals surface area contributed by atoms with Crippen molar-refractivity contribution in [1.29, 1.82) is 0 Å². The summed E-state index contributed by atoms with van der Waals surface area (Å²) in [5, 5.41) is 13.9. The van der Waals surface area contributed by atoms with Gasteiger partial charge in [-0.25, -0.2) is 0 Å². The fourth-order valence-corrected chi connectivity index (χ4v) is 2.54. The smallest absolute Gasteiger partial charge is 0.271 e. The van der Waals surface area contributed by atoms with Gasteiger partial charge >= 0.3 is 0 Å². The Morgan fingerprint density at radius 3 is 2.95 bits per heavy atom. The summed E-state index contributed by atoms with van der Waals surface area (Å²) in [5.41, 5.74) is 7.02. The maximum Gasteiger partial charge on any atom is 0.271 e. The molecular weight excluding hydrogens is 244 g/mol. The predicted octanol–water partition coefficient (Wildman–Crippen LogP) is 2.07. The minimum atomic E-state index is -0.437. The SMILES string of the molecule is CN1CCCC1CCNc1ccc([N+](=O)[O-])cc1N. The molecule has 1 saturated heterocycles. The van der Waals surface area contributed by atoms with Crippen LogP contribution >= 0.6 is 0 Å². The molecule has 0 aromatic heterocycles. The summed E-state index contributed by atoms with van der Waals surface area (Å²) in [5.74, 6) is 0. The number of hydrogen-bond acceptors (Lipinski definition) is 5. The van der Waals surface area contributed by atoms with Crippen LogP contribution in [0.4, 0.5) is 17.1 Å². The van der Waals surface area contributed by atoms with Crippen molar-refractivity contribution in [3.63, 3.8) is 0 Å². The van der Waals surface area contributed by atoms with Crippen LogP contribution in [0.1, 0.15) is 19.3 Å². The number of nitrogens with zero attached hydrogens (tertiary/aromatic N) is 2. The van der Waals surface area contributed by atoms with Crippen molar-refractivity contribution < 1.29 is 4.92 Å². The maximum absolute atomic E-state index is 10.6. The lowest BCUT2D eigenvalue weighted by molar-refractivity contribution is -0.384. The van der Waals surface area contributed by atoms with E-state index in [1.54, 1.807) is 6.07 Å². The molecule has 1 aliphatic heterocycles. The molecule has 1 heterocycles. The molecule has 1 fully saturated rings. The third-order valence-corrected chi connectivity index (χ3v) is 3.71. The molecule has 1 aliphatic rings. The van der Waals surface area contributed by atoms with E-state index in [2.05, 4.69) is 17.3 Å². The average Bonchev–Trinajstić information content (AvgIpc) is 2.77. The van der Waals surface area contributed by atoms with Crippen LogP contribution in [0.2, 0.25) is 0 Å². The Balaban J connectivity index is 1.87. The van der Waals surface area contributed by atoms with Gasteiger partial charge in [-0.2, -0.15) is 0 Å². The summed E-state index contributed by atoms with van der Waals surface area (Å²) in [6, 6.07) is 5.17. The molecule has 1 aromatic rings. The van der Waals surface area contributed by atoms with Crippen LogP contribution in [0, 0.1) is 10.1 Å². The minimum Gasteiger partial charge on any atom is -0.397 e. The van der Waals surface area contributed by atoms with E-state index in [0.29, 0.717) is 11.7 Å². The number of nitro benzene ring substituents is 1. The molecule has 1 aromatic carbocycles. The number of rotatable bonds is 5. The quantitative estimate of drug-likeness (QED) is 0.483. The normalized spacial score (nSPS) is 19.5. The summed E-state index contributed by atoms with van der Waals surface area (Å²) in [4.78, 5) is 12.6. The second kappa shape index (κ2) is 5.88. The molecular formula is C13H20N4O2. The first-order valence-corrected chi connectivity index (χ1v) is 6.56. The molecule has 1 unspecified atom stereocenters. The van der Waals surface area contributed by atoms with Gasteiger partial charge in [0.2, 0.25) is 0 Å². The highest BCUT2D eigenvalue weighted by Crippen LogP contribution is 2.24. The Morgan fingerprint density at radius 1 is 1.58 bits per heavy atom. The van der Waals surface area contributed by atoms with E-state index in [0.717, 1.165) is 18.7 Å². The van der Waals surface area contributed by atoms with Crippen LogP contribution < -0.4 is 11.1 Å². The summed E-state index contributed by atoms with van der Waals surface area (Å²) >= 11 is 0. The molecule has 6 heteroatoms. The summed E-state index contributed by atoms with van der Waals surface area (Å²) < 4.78 is 0. The van der Waals surface area contributed by atoms with Gasteiger partial charge in [0.05, 0.1) is 16.3 Å².